The highest BCUT2D eigenvalue weighted by Gasteiger charge is 2.52. The second-order valence-corrected chi connectivity index (χ2v) is 4.61. The van der Waals surface area contributed by atoms with Gasteiger partial charge >= 0.3 is 11.9 Å². The Balaban J connectivity index is 3.67. The molecule has 1 rings (SSSR count). The predicted molar refractivity (Wildman–Crippen MR) is 82.9 cm³/mol. The molecule has 0 fully saturated rings. The third-order valence-electron chi connectivity index (χ3n) is 3.26. The Hall–Kier alpha value is -2.70. The second-order valence-electron chi connectivity index (χ2n) is 4.61. The van der Waals surface area contributed by atoms with E-state index in [0.717, 1.165) is 0 Å². The number of hydrogen-bond acceptors (Lipinski definition) is 6. The van der Waals surface area contributed by atoms with Crippen molar-refractivity contribution >= 4 is 17.6 Å². The molecule has 7 heteroatoms. The van der Waals surface area contributed by atoms with Crippen molar-refractivity contribution in [3.8, 4) is 0 Å². The standard InChI is InChI=1S/C16H19NO6/c1-4-11-16(14(18)22-5-2,15(19)23-6-3)12-9-7-8-10-13(12)17(20)21/h4,7-10H,1,5-6,11H2,2-3H3. The Kier molecular flexibility index (Phi) is 6.44. The monoisotopic (exact) mass is 321 g/mol. The maximum absolute atomic E-state index is 12.6. The summed E-state index contributed by atoms with van der Waals surface area (Å²) in [6, 6.07) is 5.55. The van der Waals surface area contributed by atoms with Gasteiger partial charge in [-0.25, -0.2) is 0 Å². The number of rotatable bonds is 8. The molecule has 23 heavy (non-hydrogen) atoms. The number of esters is 2. The van der Waals surface area contributed by atoms with Crippen LogP contribution in [-0.2, 0) is 24.5 Å². The minimum Gasteiger partial charge on any atom is -0.465 e. The summed E-state index contributed by atoms with van der Waals surface area (Å²) in [7, 11) is 0. The average Bonchev–Trinajstić information content (AvgIpc) is 2.53. The molecule has 0 aliphatic heterocycles. The smallest absolute Gasteiger partial charge is 0.328 e. The first-order valence-corrected chi connectivity index (χ1v) is 7.14. The molecule has 0 aliphatic rings. The molecule has 0 bridgehead atoms. The number of ether oxygens (including phenoxy) is 2. The lowest BCUT2D eigenvalue weighted by atomic mass is 9.76. The van der Waals surface area contributed by atoms with Crippen LogP contribution in [0, 0.1) is 10.1 Å². The van der Waals surface area contributed by atoms with Gasteiger partial charge in [0.2, 0.25) is 0 Å². The van der Waals surface area contributed by atoms with Gasteiger partial charge in [-0.2, -0.15) is 0 Å². The van der Waals surface area contributed by atoms with E-state index in [9.17, 15) is 19.7 Å². The fraction of sp³-hybridized carbons (Fsp3) is 0.375. The van der Waals surface area contributed by atoms with E-state index in [1.165, 1.54) is 30.3 Å². The van der Waals surface area contributed by atoms with Gasteiger partial charge in [0.05, 0.1) is 23.7 Å². The van der Waals surface area contributed by atoms with Crippen LogP contribution < -0.4 is 0 Å². The van der Waals surface area contributed by atoms with Crippen molar-refractivity contribution in [3.63, 3.8) is 0 Å². The molecule has 7 nitrogen and oxygen atoms in total. The normalized spacial score (nSPS) is 10.7. The van der Waals surface area contributed by atoms with E-state index in [2.05, 4.69) is 6.58 Å². The van der Waals surface area contributed by atoms with Gasteiger partial charge in [-0.15, -0.1) is 6.58 Å². The summed E-state index contributed by atoms with van der Waals surface area (Å²) in [6.45, 7) is 6.77. The Bertz CT molecular complexity index is 592. The van der Waals surface area contributed by atoms with E-state index < -0.39 is 22.3 Å². The summed E-state index contributed by atoms with van der Waals surface area (Å²) in [5.41, 5.74) is -2.37. The van der Waals surface area contributed by atoms with Crippen molar-refractivity contribution in [3.05, 3.63) is 52.6 Å². The summed E-state index contributed by atoms with van der Waals surface area (Å²) in [5, 5.41) is 11.3. The minimum absolute atomic E-state index is 0.0256. The molecule has 1 aromatic rings. The van der Waals surface area contributed by atoms with Crippen molar-refractivity contribution in [2.24, 2.45) is 0 Å². The molecule has 0 amide bonds. The van der Waals surface area contributed by atoms with E-state index >= 15 is 0 Å². The quantitative estimate of drug-likeness (QED) is 0.240. The van der Waals surface area contributed by atoms with Gasteiger partial charge < -0.3 is 9.47 Å². The van der Waals surface area contributed by atoms with Crippen molar-refractivity contribution in [2.75, 3.05) is 13.2 Å². The van der Waals surface area contributed by atoms with Crippen LogP contribution in [0.5, 0.6) is 0 Å². The highest BCUT2D eigenvalue weighted by atomic mass is 16.6. The van der Waals surface area contributed by atoms with E-state index in [4.69, 9.17) is 9.47 Å². The highest BCUT2D eigenvalue weighted by Crippen LogP contribution is 2.37. The van der Waals surface area contributed by atoms with Gasteiger partial charge in [-0.1, -0.05) is 24.3 Å². The summed E-state index contributed by atoms with van der Waals surface area (Å²) in [6.07, 6.45) is 1.17. The topological polar surface area (TPSA) is 95.7 Å². The molecule has 124 valence electrons. The van der Waals surface area contributed by atoms with Gasteiger partial charge in [0, 0.05) is 6.07 Å². The number of nitrogens with zero attached hydrogens (tertiary/aromatic N) is 1. The molecular weight excluding hydrogens is 302 g/mol. The molecule has 0 atom stereocenters. The van der Waals surface area contributed by atoms with Crippen LogP contribution >= 0.6 is 0 Å². The first kappa shape index (κ1) is 18.3. The Morgan fingerprint density at radius 2 is 1.74 bits per heavy atom. The molecule has 0 aliphatic carbocycles. The maximum Gasteiger partial charge on any atom is 0.328 e. The third kappa shape index (κ3) is 3.56. The predicted octanol–water partition coefficient (Wildman–Crippen LogP) is 2.53. The molecule has 1 aromatic carbocycles. The highest BCUT2D eigenvalue weighted by molar-refractivity contribution is 6.07. The summed E-state index contributed by atoms with van der Waals surface area (Å²) in [5.74, 6) is -1.79. The van der Waals surface area contributed by atoms with Gasteiger partial charge in [0.1, 0.15) is 0 Å². The molecule has 0 unspecified atom stereocenters. The lowest BCUT2D eigenvalue weighted by molar-refractivity contribution is -0.386. The number of nitro benzene ring substituents is 1. The fourth-order valence-electron chi connectivity index (χ4n) is 2.30. The minimum atomic E-state index is -1.95. The van der Waals surface area contributed by atoms with Gasteiger partial charge in [-0.05, 0) is 20.3 Å². The molecule has 0 radical (unpaired) electrons. The number of carbonyl (C=O) groups excluding carboxylic acids is 2. The number of nitro groups is 1. The van der Waals surface area contributed by atoms with Gasteiger partial charge in [0.25, 0.3) is 5.69 Å². The first-order valence-electron chi connectivity index (χ1n) is 7.14. The number of hydrogen-bond donors (Lipinski definition) is 0. The van der Waals surface area contributed by atoms with Crippen LogP contribution in [0.4, 0.5) is 5.69 Å². The lowest BCUT2D eigenvalue weighted by Gasteiger charge is -2.28. The third-order valence-corrected chi connectivity index (χ3v) is 3.26. The van der Waals surface area contributed by atoms with Crippen molar-refractivity contribution in [2.45, 2.75) is 25.7 Å². The number of para-hydroxylation sites is 1. The molecule has 0 N–H and O–H groups in total. The van der Waals surface area contributed by atoms with Crippen LogP contribution in [0.15, 0.2) is 36.9 Å². The molecule has 0 saturated carbocycles. The summed E-state index contributed by atoms with van der Waals surface area (Å²) >= 11 is 0. The van der Waals surface area contributed by atoms with Gasteiger partial charge in [-0.3, -0.25) is 19.7 Å². The van der Waals surface area contributed by atoms with Crippen molar-refractivity contribution < 1.29 is 24.0 Å². The number of carbonyl (C=O) groups is 2. The van der Waals surface area contributed by atoms with Crippen LogP contribution in [0.3, 0.4) is 0 Å². The van der Waals surface area contributed by atoms with Crippen LogP contribution in [0.2, 0.25) is 0 Å². The molecule has 0 aromatic heterocycles. The number of benzene rings is 1. The summed E-state index contributed by atoms with van der Waals surface area (Å²) < 4.78 is 10.0. The zero-order chi connectivity index (χ0) is 17.5. The number of allylic oxidation sites excluding steroid dienone is 1. The van der Waals surface area contributed by atoms with Crippen LogP contribution in [-0.4, -0.2) is 30.1 Å². The van der Waals surface area contributed by atoms with Crippen molar-refractivity contribution in [1.29, 1.82) is 0 Å². The largest absolute Gasteiger partial charge is 0.465 e. The van der Waals surface area contributed by atoms with Crippen molar-refractivity contribution in [1.82, 2.24) is 0 Å². The zero-order valence-electron chi connectivity index (χ0n) is 13.1. The molecule has 0 saturated heterocycles. The van der Waals surface area contributed by atoms with E-state index in [1.807, 2.05) is 0 Å². The SMILES string of the molecule is C=CCC(C(=O)OCC)(C(=O)OCC)c1ccccc1[N+](=O)[O-]. The molecule has 0 spiro atoms. The molecule has 0 heterocycles. The fourth-order valence-corrected chi connectivity index (χ4v) is 2.30. The van der Waals surface area contributed by atoms with E-state index in [-0.39, 0.29) is 30.9 Å². The zero-order valence-corrected chi connectivity index (χ0v) is 13.1. The van der Waals surface area contributed by atoms with E-state index in [1.54, 1.807) is 13.8 Å². The Labute approximate surface area is 134 Å². The Morgan fingerprint density at radius 1 is 1.22 bits per heavy atom. The summed E-state index contributed by atoms with van der Waals surface area (Å²) in [4.78, 5) is 35.8. The maximum atomic E-state index is 12.6. The Morgan fingerprint density at radius 3 is 2.17 bits per heavy atom. The van der Waals surface area contributed by atoms with Gasteiger partial charge in [0.15, 0.2) is 5.41 Å². The average molecular weight is 321 g/mol. The van der Waals surface area contributed by atoms with Crippen LogP contribution in [0.25, 0.3) is 0 Å². The first-order chi connectivity index (χ1) is 10.9. The lowest BCUT2D eigenvalue weighted by Crippen LogP contribution is -2.46. The van der Waals surface area contributed by atoms with E-state index in [0.29, 0.717) is 0 Å². The van der Waals surface area contributed by atoms with Crippen LogP contribution in [0.1, 0.15) is 25.8 Å². The molecular formula is C16H19NO6. The second kappa shape index (κ2) is 8.07.